The van der Waals surface area contributed by atoms with Gasteiger partial charge in [-0.15, -0.1) is 0 Å². The van der Waals surface area contributed by atoms with Gasteiger partial charge in [-0.05, 0) is 13.5 Å². The van der Waals surface area contributed by atoms with Crippen molar-refractivity contribution in [2.75, 3.05) is 46.5 Å². The van der Waals surface area contributed by atoms with Crippen LogP contribution in [-0.2, 0) is 9.47 Å². The fourth-order valence-electron chi connectivity index (χ4n) is 2.62. The van der Waals surface area contributed by atoms with Crippen molar-refractivity contribution < 1.29 is 9.47 Å². The molecule has 0 aromatic rings. The van der Waals surface area contributed by atoms with Crippen LogP contribution in [0.25, 0.3) is 0 Å². The molecule has 2 saturated heterocycles. The van der Waals surface area contributed by atoms with E-state index in [2.05, 4.69) is 17.1 Å². The molecular weight excluding hydrogens is 204 g/mol. The van der Waals surface area contributed by atoms with E-state index in [-0.39, 0.29) is 0 Å². The molecule has 1 N–H and O–H groups in total. The summed E-state index contributed by atoms with van der Waals surface area (Å²) in [4.78, 5) is 2.53. The zero-order valence-electron chi connectivity index (χ0n) is 10.4. The van der Waals surface area contributed by atoms with Crippen molar-refractivity contribution in [2.45, 2.75) is 25.5 Å². The largest absolute Gasteiger partial charge is 0.379 e. The molecule has 2 aliphatic heterocycles. The first-order valence-electron chi connectivity index (χ1n) is 6.42. The summed E-state index contributed by atoms with van der Waals surface area (Å²) in [5.41, 5.74) is 0. The van der Waals surface area contributed by atoms with E-state index in [0.717, 1.165) is 45.9 Å². The average Bonchev–Trinajstić information content (AvgIpc) is 2.76. The summed E-state index contributed by atoms with van der Waals surface area (Å²) in [5, 5.41) is 3.35. The molecule has 3 unspecified atom stereocenters. The number of likely N-dealkylation sites (N-methyl/N-ethyl adjacent to an activating group) is 1. The van der Waals surface area contributed by atoms with E-state index in [9.17, 15) is 0 Å². The van der Waals surface area contributed by atoms with E-state index in [1.807, 2.05) is 7.05 Å². The van der Waals surface area contributed by atoms with E-state index in [1.165, 1.54) is 0 Å². The van der Waals surface area contributed by atoms with Crippen LogP contribution < -0.4 is 5.32 Å². The van der Waals surface area contributed by atoms with Crippen molar-refractivity contribution in [1.29, 1.82) is 0 Å². The topological polar surface area (TPSA) is 33.7 Å². The number of nitrogens with one attached hydrogen (secondary N) is 1. The lowest BCUT2D eigenvalue weighted by Crippen LogP contribution is -2.47. The van der Waals surface area contributed by atoms with Crippen molar-refractivity contribution in [3.63, 3.8) is 0 Å². The summed E-state index contributed by atoms with van der Waals surface area (Å²) in [7, 11) is 2.03. The molecule has 0 aromatic heterocycles. The summed E-state index contributed by atoms with van der Waals surface area (Å²) in [5.74, 6) is 0.639. The Morgan fingerprint density at radius 1 is 1.38 bits per heavy atom. The second-order valence-electron chi connectivity index (χ2n) is 4.85. The van der Waals surface area contributed by atoms with E-state index in [0.29, 0.717) is 18.1 Å². The molecule has 2 aliphatic rings. The van der Waals surface area contributed by atoms with E-state index < -0.39 is 0 Å². The third kappa shape index (κ3) is 2.94. The molecule has 4 nitrogen and oxygen atoms in total. The third-order valence-electron chi connectivity index (χ3n) is 3.74. The van der Waals surface area contributed by atoms with Crippen LogP contribution in [0.2, 0.25) is 0 Å². The van der Waals surface area contributed by atoms with Gasteiger partial charge >= 0.3 is 0 Å². The number of rotatable bonds is 4. The molecule has 0 saturated carbocycles. The first-order valence-corrected chi connectivity index (χ1v) is 6.42. The Labute approximate surface area is 98.3 Å². The molecule has 16 heavy (non-hydrogen) atoms. The lowest BCUT2D eigenvalue weighted by Gasteiger charge is -2.34. The van der Waals surface area contributed by atoms with Crippen LogP contribution >= 0.6 is 0 Å². The molecule has 0 radical (unpaired) electrons. The average molecular weight is 228 g/mol. The van der Waals surface area contributed by atoms with Gasteiger partial charge in [0.25, 0.3) is 0 Å². The lowest BCUT2D eigenvalue weighted by atomic mass is 10.0. The number of ether oxygens (including phenoxy) is 2. The molecule has 2 rings (SSSR count). The second kappa shape index (κ2) is 5.96. The SMILES string of the molecule is CCC1CN(CC2COCC2NC)CCO1. The van der Waals surface area contributed by atoms with Crippen LogP contribution in [0.15, 0.2) is 0 Å². The normalized spacial score (nSPS) is 36.8. The number of nitrogens with zero attached hydrogens (tertiary/aromatic N) is 1. The molecular formula is C12H24N2O2. The quantitative estimate of drug-likeness (QED) is 0.752. The smallest absolute Gasteiger partial charge is 0.0700 e. The van der Waals surface area contributed by atoms with Gasteiger partial charge in [-0.1, -0.05) is 6.92 Å². The van der Waals surface area contributed by atoms with E-state index >= 15 is 0 Å². The Hall–Kier alpha value is -0.160. The molecule has 2 heterocycles. The summed E-state index contributed by atoms with van der Waals surface area (Å²) >= 11 is 0. The van der Waals surface area contributed by atoms with E-state index in [1.54, 1.807) is 0 Å². The highest BCUT2D eigenvalue weighted by Crippen LogP contribution is 2.17. The second-order valence-corrected chi connectivity index (χ2v) is 4.85. The number of hydrogen-bond acceptors (Lipinski definition) is 4. The Morgan fingerprint density at radius 2 is 2.25 bits per heavy atom. The zero-order chi connectivity index (χ0) is 11.4. The van der Waals surface area contributed by atoms with Crippen molar-refractivity contribution >= 4 is 0 Å². The highest BCUT2D eigenvalue weighted by molar-refractivity contribution is 4.84. The summed E-state index contributed by atoms with van der Waals surface area (Å²) in [6.45, 7) is 8.15. The first kappa shape index (κ1) is 12.3. The first-order chi connectivity index (χ1) is 7.83. The maximum atomic E-state index is 5.69. The van der Waals surface area contributed by atoms with Gasteiger partial charge < -0.3 is 14.8 Å². The molecule has 3 atom stereocenters. The molecule has 2 fully saturated rings. The minimum Gasteiger partial charge on any atom is -0.379 e. The van der Waals surface area contributed by atoms with Crippen LogP contribution in [-0.4, -0.2) is 63.5 Å². The van der Waals surface area contributed by atoms with Crippen molar-refractivity contribution in [1.82, 2.24) is 10.2 Å². The van der Waals surface area contributed by atoms with Gasteiger partial charge in [0.1, 0.15) is 0 Å². The maximum Gasteiger partial charge on any atom is 0.0700 e. The highest BCUT2D eigenvalue weighted by Gasteiger charge is 2.30. The minimum absolute atomic E-state index is 0.434. The predicted molar refractivity (Wildman–Crippen MR) is 63.6 cm³/mol. The Balaban J connectivity index is 1.79. The van der Waals surface area contributed by atoms with Crippen LogP contribution in [0.5, 0.6) is 0 Å². The standard InChI is InChI=1S/C12H24N2O2/c1-3-11-7-14(4-5-16-11)6-10-8-15-9-12(10)13-2/h10-13H,3-9H2,1-2H3. The van der Waals surface area contributed by atoms with Crippen LogP contribution in [0.1, 0.15) is 13.3 Å². The fraction of sp³-hybridized carbons (Fsp3) is 1.00. The molecule has 94 valence electrons. The summed E-state index contributed by atoms with van der Waals surface area (Å²) in [6.07, 6.45) is 1.55. The van der Waals surface area contributed by atoms with Gasteiger partial charge in [-0.3, -0.25) is 4.90 Å². The Morgan fingerprint density at radius 3 is 3.00 bits per heavy atom. The fourth-order valence-corrected chi connectivity index (χ4v) is 2.62. The highest BCUT2D eigenvalue weighted by atomic mass is 16.5. The zero-order valence-corrected chi connectivity index (χ0v) is 10.4. The van der Waals surface area contributed by atoms with E-state index in [4.69, 9.17) is 9.47 Å². The van der Waals surface area contributed by atoms with Gasteiger partial charge in [0, 0.05) is 31.6 Å². The van der Waals surface area contributed by atoms with Gasteiger partial charge in [0.05, 0.1) is 25.9 Å². The Kier molecular flexibility index (Phi) is 4.58. The molecule has 0 spiro atoms. The molecule has 0 bridgehead atoms. The summed E-state index contributed by atoms with van der Waals surface area (Å²) < 4.78 is 11.2. The van der Waals surface area contributed by atoms with Gasteiger partial charge in [0.2, 0.25) is 0 Å². The Bertz CT molecular complexity index is 213. The molecule has 0 aromatic carbocycles. The lowest BCUT2D eigenvalue weighted by molar-refractivity contribution is -0.0349. The van der Waals surface area contributed by atoms with Gasteiger partial charge in [0.15, 0.2) is 0 Å². The monoisotopic (exact) mass is 228 g/mol. The molecule has 4 heteroatoms. The van der Waals surface area contributed by atoms with Gasteiger partial charge in [-0.25, -0.2) is 0 Å². The van der Waals surface area contributed by atoms with Crippen molar-refractivity contribution in [2.24, 2.45) is 5.92 Å². The van der Waals surface area contributed by atoms with Crippen molar-refractivity contribution in [3.8, 4) is 0 Å². The number of morpholine rings is 1. The van der Waals surface area contributed by atoms with Crippen LogP contribution in [0.4, 0.5) is 0 Å². The van der Waals surface area contributed by atoms with Crippen molar-refractivity contribution in [3.05, 3.63) is 0 Å². The minimum atomic E-state index is 0.434. The predicted octanol–water partition coefficient (Wildman–Crippen LogP) is 0.332. The third-order valence-corrected chi connectivity index (χ3v) is 3.74. The van der Waals surface area contributed by atoms with Crippen LogP contribution in [0.3, 0.4) is 0 Å². The van der Waals surface area contributed by atoms with Gasteiger partial charge in [-0.2, -0.15) is 0 Å². The molecule has 0 aliphatic carbocycles. The maximum absolute atomic E-state index is 5.69. The summed E-state index contributed by atoms with van der Waals surface area (Å²) in [6, 6.07) is 0.530. The van der Waals surface area contributed by atoms with Crippen LogP contribution in [0, 0.1) is 5.92 Å². The number of hydrogen-bond donors (Lipinski definition) is 1. The molecule has 0 amide bonds.